The van der Waals surface area contributed by atoms with Crippen LogP contribution in [0.5, 0.6) is 0 Å². The van der Waals surface area contributed by atoms with Gasteiger partial charge >= 0.3 is 0 Å². The van der Waals surface area contributed by atoms with E-state index in [0.717, 1.165) is 16.8 Å². The molecule has 0 radical (unpaired) electrons. The van der Waals surface area contributed by atoms with Crippen LogP contribution in [0.1, 0.15) is 11.1 Å². The minimum atomic E-state index is 0.475. The summed E-state index contributed by atoms with van der Waals surface area (Å²) in [5.74, 6) is 1.16. The fourth-order valence-corrected chi connectivity index (χ4v) is 2.54. The van der Waals surface area contributed by atoms with Crippen LogP contribution in [-0.4, -0.2) is 9.97 Å². The highest BCUT2D eigenvalue weighted by Gasteiger charge is 2.09. The number of aromatic nitrogens is 2. The average molecular weight is 340 g/mol. The lowest BCUT2D eigenvalue weighted by atomic mass is 10.2. The zero-order valence-corrected chi connectivity index (χ0v) is 14.0. The van der Waals surface area contributed by atoms with Crippen molar-refractivity contribution < 1.29 is 0 Å². The number of aryl methyl sites for hydroxylation is 1. The Morgan fingerprint density at radius 2 is 1.79 bits per heavy atom. The Bertz CT molecular complexity index is 836. The van der Waals surface area contributed by atoms with E-state index in [1.807, 2.05) is 55.5 Å². The average Bonchev–Trinajstić information content (AvgIpc) is 2.59. The van der Waals surface area contributed by atoms with Crippen molar-refractivity contribution in [2.45, 2.75) is 13.5 Å². The molecule has 24 heavy (non-hydrogen) atoms. The van der Waals surface area contributed by atoms with Gasteiger partial charge in [-0.3, -0.25) is 0 Å². The molecular formula is C18H18ClN5. The lowest BCUT2D eigenvalue weighted by molar-refractivity contribution is 1.09. The van der Waals surface area contributed by atoms with Gasteiger partial charge < -0.3 is 16.4 Å². The monoisotopic (exact) mass is 339 g/mol. The van der Waals surface area contributed by atoms with E-state index < -0.39 is 0 Å². The summed E-state index contributed by atoms with van der Waals surface area (Å²) in [4.78, 5) is 8.46. The van der Waals surface area contributed by atoms with Crippen LogP contribution in [0.3, 0.4) is 0 Å². The maximum Gasteiger partial charge on any atom is 0.159 e. The number of rotatable bonds is 5. The molecule has 0 fully saturated rings. The lowest BCUT2D eigenvalue weighted by Crippen LogP contribution is -2.08. The highest BCUT2D eigenvalue weighted by atomic mass is 35.5. The number of hydrogen-bond donors (Lipinski definition) is 3. The molecule has 122 valence electrons. The van der Waals surface area contributed by atoms with Gasteiger partial charge in [0.2, 0.25) is 0 Å². The molecule has 0 aliphatic rings. The van der Waals surface area contributed by atoms with Crippen molar-refractivity contribution in [3.63, 3.8) is 0 Å². The molecular weight excluding hydrogens is 322 g/mol. The topological polar surface area (TPSA) is 75.9 Å². The fraction of sp³-hybridized carbons (Fsp3) is 0.111. The lowest BCUT2D eigenvalue weighted by Gasteiger charge is -2.14. The van der Waals surface area contributed by atoms with Gasteiger partial charge in [-0.15, -0.1) is 0 Å². The van der Waals surface area contributed by atoms with E-state index >= 15 is 0 Å². The van der Waals surface area contributed by atoms with Gasteiger partial charge in [0.1, 0.15) is 12.0 Å². The Balaban J connectivity index is 1.78. The van der Waals surface area contributed by atoms with E-state index in [9.17, 15) is 0 Å². The van der Waals surface area contributed by atoms with Crippen molar-refractivity contribution in [2.75, 3.05) is 16.4 Å². The standard InChI is InChI=1S/C18H18ClN5/c1-12-9-14(19)7-8-15(12)24-18-16(20)17(22-11-23-18)21-10-13-5-3-2-4-6-13/h2-9,11H,10,20H2,1H3,(H2,21,22,23,24). The molecule has 0 saturated heterocycles. The quantitative estimate of drug-likeness (QED) is 0.643. The summed E-state index contributed by atoms with van der Waals surface area (Å²) in [5.41, 5.74) is 9.74. The highest BCUT2D eigenvalue weighted by Crippen LogP contribution is 2.28. The largest absolute Gasteiger partial charge is 0.393 e. The van der Waals surface area contributed by atoms with E-state index in [4.69, 9.17) is 17.3 Å². The van der Waals surface area contributed by atoms with Gasteiger partial charge in [0.15, 0.2) is 11.6 Å². The number of benzene rings is 2. The summed E-state index contributed by atoms with van der Waals surface area (Å²) >= 11 is 5.99. The molecule has 6 heteroatoms. The minimum absolute atomic E-state index is 0.475. The maximum absolute atomic E-state index is 6.20. The SMILES string of the molecule is Cc1cc(Cl)ccc1Nc1ncnc(NCc2ccccc2)c1N. The van der Waals surface area contributed by atoms with Gasteiger partial charge in [0.25, 0.3) is 0 Å². The summed E-state index contributed by atoms with van der Waals surface area (Å²) in [7, 11) is 0. The Hall–Kier alpha value is -2.79. The molecule has 2 aromatic carbocycles. The number of anilines is 4. The zero-order valence-electron chi connectivity index (χ0n) is 13.3. The summed E-state index contributed by atoms with van der Waals surface area (Å²) in [6.45, 7) is 2.61. The molecule has 0 amide bonds. The summed E-state index contributed by atoms with van der Waals surface area (Å²) in [6.07, 6.45) is 1.48. The van der Waals surface area contributed by atoms with Gasteiger partial charge in [0.05, 0.1) is 0 Å². The van der Waals surface area contributed by atoms with E-state index in [1.54, 1.807) is 0 Å². The van der Waals surface area contributed by atoms with Gasteiger partial charge in [-0.2, -0.15) is 0 Å². The number of nitrogens with two attached hydrogens (primary N) is 1. The van der Waals surface area contributed by atoms with Crippen molar-refractivity contribution in [3.05, 3.63) is 71.0 Å². The maximum atomic E-state index is 6.20. The molecule has 0 spiro atoms. The molecule has 3 aromatic rings. The normalized spacial score (nSPS) is 10.4. The number of nitrogen functional groups attached to an aromatic ring is 1. The smallest absolute Gasteiger partial charge is 0.159 e. The van der Waals surface area contributed by atoms with Crippen LogP contribution in [0.2, 0.25) is 5.02 Å². The van der Waals surface area contributed by atoms with Crippen LogP contribution >= 0.6 is 11.6 Å². The van der Waals surface area contributed by atoms with Crippen LogP contribution in [0, 0.1) is 6.92 Å². The van der Waals surface area contributed by atoms with E-state index in [-0.39, 0.29) is 0 Å². The predicted molar refractivity (Wildman–Crippen MR) is 99.7 cm³/mol. The highest BCUT2D eigenvalue weighted by molar-refractivity contribution is 6.30. The third-order valence-electron chi connectivity index (χ3n) is 3.63. The van der Waals surface area contributed by atoms with Crippen LogP contribution in [-0.2, 0) is 6.54 Å². The molecule has 4 N–H and O–H groups in total. The Labute approximate surface area is 145 Å². The van der Waals surface area contributed by atoms with Crippen molar-refractivity contribution >= 4 is 34.6 Å². The van der Waals surface area contributed by atoms with Gasteiger partial charge in [-0.25, -0.2) is 9.97 Å². The first-order valence-corrected chi connectivity index (χ1v) is 7.93. The molecule has 0 aliphatic carbocycles. The second kappa shape index (κ2) is 7.19. The molecule has 1 aromatic heterocycles. The third-order valence-corrected chi connectivity index (χ3v) is 3.86. The Kier molecular flexibility index (Phi) is 4.82. The molecule has 0 unspecified atom stereocenters. The first kappa shape index (κ1) is 16.1. The Morgan fingerprint density at radius 1 is 1.04 bits per heavy atom. The third kappa shape index (κ3) is 3.75. The molecule has 0 saturated carbocycles. The molecule has 0 aliphatic heterocycles. The van der Waals surface area contributed by atoms with Gasteiger partial charge in [-0.1, -0.05) is 41.9 Å². The van der Waals surface area contributed by atoms with Gasteiger partial charge in [0, 0.05) is 17.3 Å². The number of nitrogens with one attached hydrogen (secondary N) is 2. The van der Waals surface area contributed by atoms with Crippen LogP contribution in [0.15, 0.2) is 54.9 Å². The first-order chi connectivity index (χ1) is 11.6. The van der Waals surface area contributed by atoms with Crippen LogP contribution in [0.4, 0.5) is 23.0 Å². The Morgan fingerprint density at radius 3 is 2.54 bits per heavy atom. The van der Waals surface area contributed by atoms with Gasteiger partial charge in [-0.05, 0) is 36.2 Å². The molecule has 3 rings (SSSR count). The predicted octanol–water partition coefficient (Wildman–Crippen LogP) is 4.38. The van der Waals surface area contributed by atoms with E-state index in [1.165, 1.54) is 6.33 Å². The summed E-state index contributed by atoms with van der Waals surface area (Å²) in [5, 5.41) is 7.17. The van der Waals surface area contributed by atoms with Crippen molar-refractivity contribution in [1.82, 2.24) is 9.97 Å². The molecule has 0 atom stereocenters. The second-order valence-corrected chi connectivity index (χ2v) is 5.84. The number of halogens is 1. The number of nitrogens with zero attached hydrogens (tertiary/aromatic N) is 2. The van der Waals surface area contributed by atoms with Crippen molar-refractivity contribution in [1.29, 1.82) is 0 Å². The summed E-state index contributed by atoms with van der Waals surface area (Å²) in [6, 6.07) is 15.7. The van der Waals surface area contributed by atoms with E-state index in [0.29, 0.717) is 28.9 Å². The molecule has 0 bridgehead atoms. The fourth-order valence-electron chi connectivity index (χ4n) is 2.31. The molecule has 5 nitrogen and oxygen atoms in total. The van der Waals surface area contributed by atoms with Crippen molar-refractivity contribution in [2.24, 2.45) is 0 Å². The van der Waals surface area contributed by atoms with Crippen LogP contribution < -0.4 is 16.4 Å². The zero-order chi connectivity index (χ0) is 16.9. The van der Waals surface area contributed by atoms with E-state index in [2.05, 4.69) is 20.6 Å². The van der Waals surface area contributed by atoms with Crippen molar-refractivity contribution in [3.8, 4) is 0 Å². The molecule has 1 heterocycles. The summed E-state index contributed by atoms with van der Waals surface area (Å²) < 4.78 is 0. The minimum Gasteiger partial charge on any atom is -0.393 e. The second-order valence-electron chi connectivity index (χ2n) is 5.41. The first-order valence-electron chi connectivity index (χ1n) is 7.55. The number of hydrogen-bond acceptors (Lipinski definition) is 5. The van der Waals surface area contributed by atoms with Crippen LogP contribution in [0.25, 0.3) is 0 Å².